The van der Waals surface area contributed by atoms with Crippen LogP contribution in [0.5, 0.6) is 5.75 Å². The number of ether oxygens (including phenoxy) is 1. The molecule has 0 saturated carbocycles. The molecule has 0 bridgehead atoms. The van der Waals surface area contributed by atoms with E-state index < -0.39 is 24.1 Å². The third-order valence-corrected chi connectivity index (χ3v) is 2.07. The average molecular weight is 283 g/mol. The summed E-state index contributed by atoms with van der Waals surface area (Å²) in [7, 11) is 0. The molecule has 1 aromatic carbocycles. The summed E-state index contributed by atoms with van der Waals surface area (Å²) in [6.07, 6.45) is -4.14. The van der Waals surface area contributed by atoms with E-state index in [2.05, 4.69) is 0 Å². The maximum atomic E-state index is 12.9. The van der Waals surface area contributed by atoms with Crippen molar-refractivity contribution in [2.75, 3.05) is 11.9 Å². The van der Waals surface area contributed by atoms with Gasteiger partial charge >= 0.3 is 18.3 Å². The minimum absolute atomic E-state index is 0.0809. The molecule has 0 fully saturated rings. The number of amides is 1. The molecule has 3 nitrogen and oxygen atoms in total. The number of hydrogen-bond donors (Lipinski definition) is 1. The van der Waals surface area contributed by atoms with Gasteiger partial charge in [0.2, 0.25) is 0 Å². The average Bonchev–Trinajstić information content (AvgIpc) is 2.32. The van der Waals surface area contributed by atoms with Gasteiger partial charge in [0.05, 0.1) is 12.3 Å². The van der Waals surface area contributed by atoms with Gasteiger partial charge in [0.15, 0.2) is 0 Å². The zero-order valence-corrected chi connectivity index (χ0v) is 9.72. The second-order valence-electron chi connectivity index (χ2n) is 3.45. The van der Waals surface area contributed by atoms with Crippen LogP contribution in [0.15, 0.2) is 18.2 Å². The van der Waals surface area contributed by atoms with Gasteiger partial charge < -0.3 is 10.1 Å². The third-order valence-electron chi connectivity index (χ3n) is 2.07. The van der Waals surface area contributed by atoms with Crippen LogP contribution in [0.1, 0.15) is 6.92 Å². The molecule has 0 heterocycles. The Bertz CT molecular complexity index is 464. The SMILES string of the molecule is CCOc1cc(F)ccc1NC(=O)C(F)(F)C(F)F. The summed E-state index contributed by atoms with van der Waals surface area (Å²) in [5, 5.41) is 1.58. The van der Waals surface area contributed by atoms with Gasteiger partial charge in [0, 0.05) is 6.07 Å². The standard InChI is InChI=1S/C11H10F5NO2/c1-2-19-8-5-6(12)3-4-7(8)17-10(18)11(15,16)9(13)14/h3-5,9H,2H2,1H3,(H,17,18). The van der Waals surface area contributed by atoms with Crippen LogP contribution in [0.25, 0.3) is 0 Å². The molecule has 19 heavy (non-hydrogen) atoms. The third kappa shape index (κ3) is 3.55. The molecule has 1 amide bonds. The van der Waals surface area contributed by atoms with E-state index in [-0.39, 0.29) is 18.0 Å². The zero-order valence-electron chi connectivity index (χ0n) is 9.72. The number of halogens is 5. The fourth-order valence-corrected chi connectivity index (χ4v) is 1.18. The van der Waals surface area contributed by atoms with Crippen LogP contribution in [-0.4, -0.2) is 24.9 Å². The number of nitrogens with one attached hydrogen (secondary N) is 1. The molecular formula is C11H10F5NO2. The summed E-state index contributed by atoms with van der Waals surface area (Å²) < 4.78 is 67.3. The molecule has 0 aliphatic rings. The molecule has 8 heteroatoms. The lowest BCUT2D eigenvalue weighted by molar-refractivity contribution is -0.163. The lowest BCUT2D eigenvalue weighted by Crippen LogP contribution is -2.41. The number of anilines is 1. The second kappa shape index (κ2) is 5.85. The highest BCUT2D eigenvalue weighted by Gasteiger charge is 2.49. The van der Waals surface area contributed by atoms with Crippen molar-refractivity contribution in [1.29, 1.82) is 0 Å². The Balaban J connectivity index is 2.96. The smallest absolute Gasteiger partial charge is 0.383 e. The van der Waals surface area contributed by atoms with E-state index in [1.54, 1.807) is 12.2 Å². The Morgan fingerprint density at radius 2 is 2.05 bits per heavy atom. The number of hydrogen-bond acceptors (Lipinski definition) is 2. The number of carbonyl (C=O) groups excluding carboxylic acids is 1. The monoisotopic (exact) mass is 283 g/mol. The number of carbonyl (C=O) groups is 1. The molecule has 0 spiro atoms. The van der Waals surface area contributed by atoms with Crippen molar-refractivity contribution in [3.05, 3.63) is 24.0 Å². The first-order chi connectivity index (χ1) is 8.78. The Morgan fingerprint density at radius 3 is 2.58 bits per heavy atom. The van der Waals surface area contributed by atoms with E-state index in [1.807, 2.05) is 0 Å². The largest absolute Gasteiger partial charge is 0.492 e. The molecule has 0 unspecified atom stereocenters. The number of rotatable bonds is 5. The fraction of sp³-hybridized carbons (Fsp3) is 0.364. The van der Waals surface area contributed by atoms with Crippen LogP contribution in [0.2, 0.25) is 0 Å². The highest BCUT2D eigenvalue weighted by molar-refractivity contribution is 5.97. The highest BCUT2D eigenvalue weighted by atomic mass is 19.3. The minimum Gasteiger partial charge on any atom is -0.492 e. The molecular weight excluding hydrogens is 273 g/mol. The minimum atomic E-state index is -4.84. The van der Waals surface area contributed by atoms with Crippen molar-refractivity contribution in [3.8, 4) is 5.75 Å². The molecule has 0 saturated heterocycles. The highest BCUT2D eigenvalue weighted by Crippen LogP contribution is 2.29. The second-order valence-corrected chi connectivity index (χ2v) is 3.45. The maximum absolute atomic E-state index is 12.9. The van der Waals surface area contributed by atoms with E-state index in [4.69, 9.17) is 4.74 Å². The van der Waals surface area contributed by atoms with Crippen LogP contribution >= 0.6 is 0 Å². The first-order valence-electron chi connectivity index (χ1n) is 5.18. The molecule has 0 aliphatic carbocycles. The lowest BCUT2D eigenvalue weighted by atomic mass is 10.2. The van der Waals surface area contributed by atoms with Crippen LogP contribution in [-0.2, 0) is 4.79 Å². The van der Waals surface area contributed by atoms with E-state index in [1.165, 1.54) is 0 Å². The van der Waals surface area contributed by atoms with Crippen molar-refractivity contribution < 1.29 is 31.5 Å². The lowest BCUT2D eigenvalue weighted by Gasteiger charge is -2.16. The first kappa shape index (κ1) is 15.2. The molecule has 0 aromatic heterocycles. The quantitative estimate of drug-likeness (QED) is 0.843. The van der Waals surface area contributed by atoms with Crippen molar-refractivity contribution in [1.82, 2.24) is 0 Å². The number of benzene rings is 1. The van der Waals surface area contributed by atoms with Crippen molar-refractivity contribution >= 4 is 11.6 Å². The summed E-state index contributed by atoms with van der Waals surface area (Å²) >= 11 is 0. The molecule has 0 atom stereocenters. The van der Waals surface area contributed by atoms with Crippen LogP contribution in [0.3, 0.4) is 0 Å². The summed E-state index contributed by atoms with van der Waals surface area (Å²) in [5.74, 6) is -7.96. The molecule has 1 rings (SSSR count). The van der Waals surface area contributed by atoms with Gasteiger partial charge in [-0.2, -0.15) is 8.78 Å². The summed E-state index contributed by atoms with van der Waals surface area (Å²) in [6.45, 7) is 1.63. The van der Waals surface area contributed by atoms with Gasteiger partial charge in [-0.15, -0.1) is 0 Å². The number of alkyl halides is 4. The normalized spacial score (nSPS) is 11.5. The predicted octanol–water partition coefficient (Wildman–Crippen LogP) is 3.06. The van der Waals surface area contributed by atoms with E-state index in [9.17, 15) is 26.7 Å². The van der Waals surface area contributed by atoms with Gasteiger partial charge in [-0.25, -0.2) is 13.2 Å². The zero-order chi connectivity index (χ0) is 14.6. The first-order valence-corrected chi connectivity index (χ1v) is 5.18. The van der Waals surface area contributed by atoms with Crippen molar-refractivity contribution in [3.63, 3.8) is 0 Å². The van der Waals surface area contributed by atoms with Crippen LogP contribution in [0.4, 0.5) is 27.6 Å². The summed E-state index contributed by atoms with van der Waals surface area (Å²) in [4.78, 5) is 11.0. The van der Waals surface area contributed by atoms with Gasteiger partial charge in [0.25, 0.3) is 0 Å². The van der Waals surface area contributed by atoms with Crippen molar-refractivity contribution in [2.45, 2.75) is 19.3 Å². The predicted molar refractivity (Wildman–Crippen MR) is 57.1 cm³/mol. The van der Waals surface area contributed by atoms with E-state index >= 15 is 0 Å². The van der Waals surface area contributed by atoms with E-state index in [0.717, 1.165) is 18.2 Å². The molecule has 0 aliphatic heterocycles. The van der Waals surface area contributed by atoms with Crippen molar-refractivity contribution in [2.24, 2.45) is 0 Å². The van der Waals surface area contributed by atoms with Gasteiger partial charge in [-0.1, -0.05) is 0 Å². The van der Waals surface area contributed by atoms with Crippen LogP contribution in [0, 0.1) is 5.82 Å². The van der Waals surface area contributed by atoms with Gasteiger partial charge in [-0.3, -0.25) is 4.79 Å². The summed E-state index contributed by atoms with van der Waals surface area (Å²) in [6, 6.07) is 2.66. The molecule has 0 radical (unpaired) electrons. The van der Waals surface area contributed by atoms with Gasteiger partial charge in [-0.05, 0) is 19.1 Å². The fourth-order valence-electron chi connectivity index (χ4n) is 1.18. The topological polar surface area (TPSA) is 38.3 Å². The Kier molecular flexibility index (Phi) is 4.68. The molecule has 1 N–H and O–H groups in total. The van der Waals surface area contributed by atoms with E-state index in [0.29, 0.717) is 0 Å². The molecule has 106 valence electrons. The maximum Gasteiger partial charge on any atom is 0.383 e. The Morgan fingerprint density at radius 1 is 1.42 bits per heavy atom. The van der Waals surface area contributed by atoms with Crippen LogP contribution < -0.4 is 10.1 Å². The molecule has 1 aromatic rings. The summed E-state index contributed by atoms with van der Waals surface area (Å²) in [5.41, 5.74) is -0.312. The van der Waals surface area contributed by atoms with Gasteiger partial charge in [0.1, 0.15) is 11.6 Å². The Hall–Kier alpha value is -1.86. The Labute approximate surface area is 105 Å².